The van der Waals surface area contributed by atoms with Crippen LogP contribution in [0.5, 0.6) is 0 Å². The van der Waals surface area contributed by atoms with Crippen molar-refractivity contribution >= 4 is 16.7 Å². The summed E-state index contributed by atoms with van der Waals surface area (Å²) in [6, 6.07) is 4.20. The van der Waals surface area contributed by atoms with Crippen molar-refractivity contribution in [1.29, 1.82) is 0 Å². The number of benzene rings is 1. The van der Waals surface area contributed by atoms with E-state index in [1.165, 1.54) is 12.1 Å². The summed E-state index contributed by atoms with van der Waals surface area (Å²) in [6.45, 7) is 1.95. The third kappa shape index (κ3) is 2.08. The van der Waals surface area contributed by atoms with E-state index in [1.807, 2.05) is 6.92 Å². The van der Waals surface area contributed by atoms with E-state index in [-0.39, 0.29) is 17.6 Å². The fourth-order valence-electron chi connectivity index (χ4n) is 2.01. The number of hydrogen-bond donors (Lipinski definition) is 2. The summed E-state index contributed by atoms with van der Waals surface area (Å²) < 4.78 is 13.0. The number of H-pyrrole nitrogens is 1. The van der Waals surface area contributed by atoms with E-state index in [0.29, 0.717) is 11.1 Å². The SMILES string of the molecule is CCC(NC)C(=O)c1c[nH]c2cc(F)ccc12. The Hall–Kier alpha value is -1.68. The molecule has 1 atom stereocenters. The number of Topliss-reactive ketones (excluding diaryl/α,β-unsaturated/α-hetero) is 1. The van der Waals surface area contributed by atoms with Gasteiger partial charge in [-0.25, -0.2) is 4.39 Å². The molecule has 0 spiro atoms. The average molecular weight is 234 g/mol. The number of ketones is 1. The van der Waals surface area contributed by atoms with Crippen LogP contribution in [0.3, 0.4) is 0 Å². The summed E-state index contributed by atoms with van der Waals surface area (Å²) in [4.78, 5) is 15.1. The van der Waals surface area contributed by atoms with Crippen LogP contribution in [0.2, 0.25) is 0 Å². The van der Waals surface area contributed by atoms with Crippen molar-refractivity contribution in [2.75, 3.05) is 7.05 Å². The predicted octanol–water partition coefficient (Wildman–Crippen LogP) is 2.49. The highest BCUT2D eigenvalue weighted by Crippen LogP contribution is 2.21. The number of rotatable bonds is 4. The van der Waals surface area contributed by atoms with Crippen molar-refractivity contribution in [3.63, 3.8) is 0 Å². The molecular formula is C13H15FN2O. The van der Waals surface area contributed by atoms with Crippen LogP contribution in [0, 0.1) is 5.82 Å². The zero-order chi connectivity index (χ0) is 12.4. The third-order valence-corrected chi connectivity index (χ3v) is 2.98. The molecule has 0 aliphatic carbocycles. The molecule has 1 aromatic carbocycles. The van der Waals surface area contributed by atoms with E-state index in [9.17, 15) is 9.18 Å². The fourth-order valence-corrected chi connectivity index (χ4v) is 2.01. The second-order valence-corrected chi connectivity index (χ2v) is 4.01. The van der Waals surface area contributed by atoms with Crippen LogP contribution in [-0.2, 0) is 0 Å². The van der Waals surface area contributed by atoms with Crippen LogP contribution in [0.4, 0.5) is 4.39 Å². The Morgan fingerprint density at radius 2 is 2.29 bits per heavy atom. The first-order valence-electron chi connectivity index (χ1n) is 5.65. The van der Waals surface area contributed by atoms with Gasteiger partial charge in [0.15, 0.2) is 5.78 Å². The van der Waals surface area contributed by atoms with Gasteiger partial charge in [-0.15, -0.1) is 0 Å². The summed E-state index contributed by atoms with van der Waals surface area (Å²) in [5.41, 5.74) is 1.26. The molecule has 2 aromatic rings. The molecule has 3 nitrogen and oxygen atoms in total. The number of carbonyl (C=O) groups is 1. The maximum absolute atomic E-state index is 13.0. The van der Waals surface area contributed by atoms with E-state index < -0.39 is 0 Å². The number of aromatic amines is 1. The van der Waals surface area contributed by atoms with E-state index >= 15 is 0 Å². The minimum Gasteiger partial charge on any atom is -0.360 e. The van der Waals surface area contributed by atoms with Crippen LogP contribution in [0.15, 0.2) is 24.4 Å². The largest absolute Gasteiger partial charge is 0.360 e. The number of likely N-dealkylation sites (N-methyl/N-ethyl adjacent to an activating group) is 1. The Kier molecular flexibility index (Phi) is 3.24. The van der Waals surface area contributed by atoms with Crippen molar-refractivity contribution in [3.8, 4) is 0 Å². The van der Waals surface area contributed by atoms with Crippen molar-refractivity contribution in [2.24, 2.45) is 0 Å². The van der Waals surface area contributed by atoms with Gasteiger partial charge >= 0.3 is 0 Å². The average Bonchev–Trinajstić information content (AvgIpc) is 2.73. The van der Waals surface area contributed by atoms with E-state index in [0.717, 1.165) is 11.8 Å². The molecule has 0 aliphatic heterocycles. The summed E-state index contributed by atoms with van der Waals surface area (Å²) >= 11 is 0. The molecule has 4 heteroatoms. The highest BCUT2D eigenvalue weighted by atomic mass is 19.1. The standard InChI is InChI=1S/C13H15FN2O/c1-3-11(15-2)13(17)10-7-16-12-6-8(14)4-5-9(10)12/h4-7,11,15-16H,3H2,1-2H3. The lowest BCUT2D eigenvalue weighted by molar-refractivity contribution is 0.0946. The van der Waals surface area contributed by atoms with Gasteiger partial charge in [0.2, 0.25) is 0 Å². The van der Waals surface area contributed by atoms with Gasteiger partial charge in [0.1, 0.15) is 5.82 Å². The van der Waals surface area contributed by atoms with Crippen LogP contribution < -0.4 is 5.32 Å². The number of hydrogen-bond acceptors (Lipinski definition) is 2. The maximum Gasteiger partial charge on any atom is 0.181 e. The molecule has 0 aliphatic rings. The molecule has 1 aromatic heterocycles. The predicted molar refractivity (Wildman–Crippen MR) is 65.7 cm³/mol. The minimum absolute atomic E-state index is 0.0351. The third-order valence-electron chi connectivity index (χ3n) is 2.98. The lowest BCUT2D eigenvalue weighted by atomic mass is 10.0. The summed E-state index contributed by atoms with van der Waals surface area (Å²) in [5.74, 6) is -0.271. The molecule has 0 bridgehead atoms. The molecule has 1 heterocycles. The molecule has 0 radical (unpaired) electrons. The topological polar surface area (TPSA) is 44.9 Å². The Balaban J connectivity index is 2.46. The highest BCUT2D eigenvalue weighted by molar-refractivity contribution is 6.10. The Morgan fingerprint density at radius 1 is 1.53 bits per heavy atom. The molecule has 0 amide bonds. The summed E-state index contributed by atoms with van der Waals surface area (Å²) in [6.07, 6.45) is 2.37. The monoisotopic (exact) mass is 234 g/mol. The van der Waals surface area contributed by atoms with E-state index in [4.69, 9.17) is 0 Å². The van der Waals surface area contributed by atoms with Gasteiger partial charge in [0.05, 0.1) is 6.04 Å². The second-order valence-electron chi connectivity index (χ2n) is 4.01. The number of aromatic nitrogens is 1. The molecule has 1 unspecified atom stereocenters. The fraction of sp³-hybridized carbons (Fsp3) is 0.308. The minimum atomic E-state index is -0.306. The van der Waals surface area contributed by atoms with E-state index in [2.05, 4.69) is 10.3 Å². The lowest BCUT2D eigenvalue weighted by Crippen LogP contribution is -2.33. The second kappa shape index (κ2) is 4.67. The molecule has 0 saturated carbocycles. The normalized spacial score (nSPS) is 12.9. The van der Waals surface area contributed by atoms with Crippen LogP contribution >= 0.6 is 0 Å². The van der Waals surface area contributed by atoms with Crippen LogP contribution in [0.1, 0.15) is 23.7 Å². The molecule has 0 saturated heterocycles. The van der Waals surface area contributed by atoms with Gasteiger partial charge in [0.25, 0.3) is 0 Å². The number of carbonyl (C=O) groups excluding carboxylic acids is 1. The zero-order valence-electron chi connectivity index (χ0n) is 9.88. The molecule has 17 heavy (non-hydrogen) atoms. The smallest absolute Gasteiger partial charge is 0.181 e. The van der Waals surface area contributed by atoms with Crippen molar-refractivity contribution in [1.82, 2.24) is 10.3 Å². The quantitative estimate of drug-likeness (QED) is 0.798. The first-order chi connectivity index (χ1) is 8.17. The van der Waals surface area contributed by atoms with Gasteiger partial charge in [-0.05, 0) is 31.7 Å². The van der Waals surface area contributed by atoms with Crippen molar-refractivity contribution in [2.45, 2.75) is 19.4 Å². The summed E-state index contributed by atoms with van der Waals surface area (Å²) in [7, 11) is 1.76. The number of halogens is 1. The molecular weight excluding hydrogens is 219 g/mol. The summed E-state index contributed by atoms with van der Waals surface area (Å²) in [5, 5.41) is 3.75. The zero-order valence-corrected chi connectivity index (χ0v) is 9.88. The van der Waals surface area contributed by atoms with Gasteiger partial charge in [-0.3, -0.25) is 4.79 Å². The van der Waals surface area contributed by atoms with Gasteiger partial charge < -0.3 is 10.3 Å². The Bertz CT molecular complexity index is 543. The van der Waals surface area contributed by atoms with Crippen LogP contribution in [-0.4, -0.2) is 23.9 Å². The Morgan fingerprint density at radius 3 is 2.94 bits per heavy atom. The van der Waals surface area contributed by atoms with Crippen LogP contribution in [0.25, 0.3) is 10.9 Å². The molecule has 2 rings (SSSR count). The van der Waals surface area contributed by atoms with Gasteiger partial charge in [0, 0.05) is 22.7 Å². The first kappa shape index (κ1) is 11.8. The number of fused-ring (bicyclic) bond motifs is 1. The Labute approximate surface area is 99.0 Å². The lowest BCUT2D eigenvalue weighted by Gasteiger charge is -2.11. The highest BCUT2D eigenvalue weighted by Gasteiger charge is 2.19. The molecule has 2 N–H and O–H groups in total. The van der Waals surface area contributed by atoms with Gasteiger partial charge in [-0.2, -0.15) is 0 Å². The van der Waals surface area contributed by atoms with E-state index in [1.54, 1.807) is 19.3 Å². The maximum atomic E-state index is 13.0. The molecule has 0 fully saturated rings. The van der Waals surface area contributed by atoms with Gasteiger partial charge in [-0.1, -0.05) is 6.92 Å². The number of nitrogens with one attached hydrogen (secondary N) is 2. The van der Waals surface area contributed by atoms with Crippen molar-refractivity contribution in [3.05, 3.63) is 35.8 Å². The molecule has 90 valence electrons. The van der Waals surface area contributed by atoms with Crippen molar-refractivity contribution < 1.29 is 9.18 Å². The first-order valence-corrected chi connectivity index (χ1v) is 5.65.